The fraction of sp³-hybridized carbons (Fsp3) is 0. The molecule has 0 N–H and O–H groups in total. The van der Waals surface area contributed by atoms with E-state index in [1.807, 2.05) is 0 Å². The number of rotatable bonds is 1. The largest absolute Gasteiger partial charge is 0.204 e. The first-order valence-corrected chi connectivity index (χ1v) is 2.79. The SMILES string of the molecule is Cl.Cl.Fc1ccc(N(F)F)c(F)c1F.[Zr]. The van der Waals surface area contributed by atoms with Gasteiger partial charge in [-0.25, -0.2) is 13.2 Å². The van der Waals surface area contributed by atoms with Gasteiger partial charge in [0.05, 0.1) is 0 Å². The molecule has 15 heavy (non-hydrogen) atoms. The maximum atomic E-state index is 12.4. The van der Waals surface area contributed by atoms with Gasteiger partial charge in [0.25, 0.3) is 0 Å². The molecule has 0 saturated carbocycles. The standard InChI is InChI=1S/C6H2F5N.2ClH.Zr/c7-3-1-2-4(12(10)11)6(9)5(3)8;;;/h1-2H;2*1H;. The van der Waals surface area contributed by atoms with Gasteiger partial charge in [-0.15, -0.1) is 24.8 Å². The van der Waals surface area contributed by atoms with Crippen LogP contribution in [0.4, 0.5) is 27.8 Å². The number of nitrogens with zero attached hydrogens (tertiary/aromatic N) is 1. The summed E-state index contributed by atoms with van der Waals surface area (Å²) in [5.41, 5.74) is -1.30. The minimum Gasteiger partial charge on any atom is -0.204 e. The third-order valence-corrected chi connectivity index (χ3v) is 1.20. The molecule has 1 aromatic rings. The molecule has 0 radical (unpaired) electrons. The van der Waals surface area contributed by atoms with E-state index in [4.69, 9.17) is 0 Å². The first kappa shape index (κ1) is 20.5. The van der Waals surface area contributed by atoms with Crippen LogP contribution in [0.5, 0.6) is 0 Å². The maximum Gasteiger partial charge on any atom is 0.196 e. The Hall–Kier alpha value is 0.133. The van der Waals surface area contributed by atoms with Gasteiger partial charge in [-0.1, -0.05) is 8.96 Å². The van der Waals surface area contributed by atoms with Crippen molar-refractivity contribution >= 4 is 30.5 Å². The second-order valence-electron chi connectivity index (χ2n) is 1.93. The van der Waals surface area contributed by atoms with Gasteiger partial charge in [0.15, 0.2) is 17.5 Å². The van der Waals surface area contributed by atoms with Gasteiger partial charge in [0, 0.05) is 26.2 Å². The van der Waals surface area contributed by atoms with Crippen LogP contribution in [0.15, 0.2) is 12.1 Å². The van der Waals surface area contributed by atoms with E-state index in [2.05, 4.69) is 0 Å². The third kappa shape index (κ3) is 4.66. The van der Waals surface area contributed by atoms with Gasteiger partial charge < -0.3 is 0 Å². The van der Waals surface area contributed by atoms with Gasteiger partial charge in [-0.3, -0.25) is 0 Å². The number of anilines is 1. The molecule has 86 valence electrons. The maximum absolute atomic E-state index is 12.4. The summed E-state index contributed by atoms with van der Waals surface area (Å²) in [7, 11) is 0. The van der Waals surface area contributed by atoms with Crippen molar-refractivity contribution in [2.24, 2.45) is 0 Å². The topological polar surface area (TPSA) is 3.24 Å². The Balaban J connectivity index is -0.000000480. The number of hydrogen-bond acceptors (Lipinski definition) is 1. The summed E-state index contributed by atoms with van der Waals surface area (Å²) in [6.07, 6.45) is 0. The third-order valence-electron chi connectivity index (χ3n) is 1.20. The molecule has 9 heteroatoms. The van der Waals surface area contributed by atoms with Crippen molar-refractivity contribution in [3.8, 4) is 0 Å². The second-order valence-corrected chi connectivity index (χ2v) is 1.93. The zero-order valence-electron chi connectivity index (χ0n) is 6.81. The Morgan fingerprint density at radius 3 is 1.73 bits per heavy atom. The summed E-state index contributed by atoms with van der Waals surface area (Å²) in [4.78, 5) is 0. The van der Waals surface area contributed by atoms with Crippen LogP contribution in [-0.4, -0.2) is 0 Å². The van der Waals surface area contributed by atoms with Gasteiger partial charge in [0.1, 0.15) is 5.69 Å². The zero-order valence-corrected chi connectivity index (χ0v) is 10.9. The van der Waals surface area contributed by atoms with Gasteiger partial charge >= 0.3 is 0 Å². The van der Waals surface area contributed by atoms with Crippen molar-refractivity contribution in [3.63, 3.8) is 0 Å². The van der Waals surface area contributed by atoms with E-state index in [0.29, 0.717) is 12.1 Å². The summed E-state index contributed by atoms with van der Waals surface area (Å²) < 4.78 is 60.1. The molecule has 1 nitrogen and oxygen atoms in total. The van der Waals surface area contributed by atoms with Crippen LogP contribution in [0.1, 0.15) is 0 Å². The van der Waals surface area contributed by atoms with Crippen LogP contribution in [0.3, 0.4) is 0 Å². The van der Waals surface area contributed by atoms with E-state index < -0.39 is 28.5 Å². The molecule has 0 amide bonds. The van der Waals surface area contributed by atoms with E-state index in [0.717, 1.165) is 0 Å². The minimum absolute atomic E-state index is 0. The molecule has 0 aromatic heterocycles. The molecule has 0 aliphatic heterocycles. The number of halogens is 7. The summed E-state index contributed by atoms with van der Waals surface area (Å²) in [5.74, 6) is -5.31. The molecule has 1 rings (SSSR count). The van der Waals surface area contributed by atoms with Gasteiger partial charge in [-0.2, -0.15) is 0 Å². The van der Waals surface area contributed by atoms with Crippen LogP contribution >= 0.6 is 24.8 Å². The smallest absolute Gasteiger partial charge is 0.196 e. The normalized spacial score (nSPS) is 8.07. The van der Waals surface area contributed by atoms with Crippen molar-refractivity contribution in [2.45, 2.75) is 0 Å². The van der Waals surface area contributed by atoms with E-state index in [1.165, 1.54) is 0 Å². The molecule has 0 saturated heterocycles. The molecule has 0 unspecified atom stereocenters. The molecular formula is C6H4Cl2F5NZr. The summed E-state index contributed by atoms with van der Waals surface area (Å²) >= 11 is 0. The van der Waals surface area contributed by atoms with Gasteiger partial charge in [0.2, 0.25) is 0 Å². The Kier molecular flexibility index (Phi) is 11.4. The first-order chi connectivity index (χ1) is 5.54. The quantitative estimate of drug-likeness (QED) is 0.427. The monoisotopic (exact) mass is 345 g/mol. The molecule has 0 heterocycles. The summed E-state index contributed by atoms with van der Waals surface area (Å²) in [5, 5.41) is -1.63. The molecule has 0 atom stereocenters. The first-order valence-electron chi connectivity index (χ1n) is 2.79. The van der Waals surface area contributed by atoms with Crippen LogP contribution in [0.2, 0.25) is 0 Å². The molecule has 0 fully saturated rings. The second kappa shape index (κ2) is 8.30. The van der Waals surface area contributed by atoms with Crippen molar-refractivity contribution in [1.29, 1.82) is 0 Å². The number of hydrogen-bond donors (Lipinski definition) is 0. The van der Waals surface area contributed by atoms with Crippen molar-refractivity contribution in [1.82, 2.24) is 0 Å². The molecular weight excluding hydrogens is 343 g/mol. The van der Waals surface area contributed by atoms with Crippen molar-refractivity contribution < 1.29 is 48.3 Å². The van der Waals surface area contributed by atoms with Gasteiger partial charge in [-0.05, 0) is 17.5 Å². The molecule has 0 spiro atoms. The Morgan fingerprint density at radius 2 is 1.33 bits per heavy atom. The predicted molar refractivity (Wildman–Crippen MR) is 45.5 cm³/mol. The van der Waals surface area contributed by atoms with Crippen LogP contribution < -0.4 is 5.34 Å². The molecule has 0 aliphatic carbocycles. The van der Waals surface area contributed by atoms with E-state index in [-0.39, 0.29) is 51.0 Å². The minimum atomic E-state index is -1.91. The Labute approximate surface area is 113 Å². The van der Waals surface area contributed by atoms with E-state index in [1.54, 1.807) is 0 Å². The molecule has 0 bridgehead atoms. The Bertz CT molecular complexity index is 312. The molecule has 0 aliphatic rings. The van der Waals surface area contributed by atoms with E-state index >= 15 is 0 Å². The zero-order chi connectivity index (χ0) is 9.30. The summed E-state index contributed by atoms with van der Waals surface area (Å²) in [6, 6.07) is 0.855. The van der Waals surface area contributed by atoms with Crippen LogP contribution in [-0.2, 0) is 26.2 Å². The molecule has 1 aromatic carbocycles. The fourth-order valence-corrected chi connectivity index (χ4v) is 0.646. The fourth-order valence-electron chi connectivity index (χ4n) is 0.646. The van der Waals surface area contributed by atoms with Crippen LogP contribution in [0.25, 0.3) is 0 Å². The Morgan fingerprint density at radius 1 is 0.867 bits per heavy atom. The average molecular weight is 347 g/mol. The van der Waals surface area contributed by atoms with Crippen LogP contribution in [0, 0.1) is 17.5 Å². The predicted octanol–water partition coefficient (Wildman–Crippen LogP) is 3.52. The van der Waals surface area contributed by atoms with E-state index in [9.17, 15) is 22.1 Å². The number of benzene rings is 1. The van der Waals surface area contributed by atoms with Crippen molar-refractivity contribution in [3.05, 3.63) is 29.6 Å². The summed E-state index contributed by atoms with van der Waals surface area (Å²) in [6.45, 7) is 0. The average Bonchev–Trinajstić information content (AvgIpc) is 2.00. The van der Waals surface area contributed by atoms with Crippen molar-refractivity contribution in [2.75, 3.05) is 5.34 Å².